The lowest BCUT2D eigenvalue weighted by Gasteiger charge is -2.29. The lowest BCUT2D eigenvalue weighted by atomic mass is 9.90. The number of hydrogen-bond donors (Lipinski definition) is 1. The molecule has 5 rings (SSSR count). The zero-order chi connectivity index (χ0) is 34.5. The van der Waals surface area contributed by atoms with E-state index < -0.39 is 11.7 Å². The van der Waals surface area contributed by atoms with Gasteiger partial charge in [-0.1, -0.05) is 96.5 Å². The van der Waals surface area contributed by atoms with Crippen LogP contribution in [0.2, 0.25) is 5.02 Å². The summed E-state index contributed by atoms with van der Waals surface area (Å²) in [5.41, 5.74) is 2.72. The second-order valence-electron chi connectivity index (χ2n) is 12.2. The number of ether oxygens (including phenoxy) is 1. The van der Waals surface area contributed by atoms with Crippen molar-refractivity contribution in [1.82, 2.24) is 15.1 Å². The first-order chi connectivity index (χ1) is 23.8. The molecule has 1 N–H and O–H groups in total. The van der Waals surface area contributed by atoms with Crippen molar-refractivity contribution in [2.24, 2.45) is 0 Å². The van der Waals surface area contributed by atoms with Gasteiger partial charge in [-0.3, -0.25) is 14.6 Å². The molecule has 1 saturated heterocycles. The van der Waals surface area contributed by atoms with Crippen LogP contribution in [0, 0.1) is 0 Å². The minimum absolute atomic E-state index is 0. The van der Waals surface area contributed by atoms with Gasteiger partial charge in [-0.25, -0.2) is 0 Å². The summed E-state index contributed by atoms with van der Waals surface area (Å²) in [6.45, 7) is 5.43. The fraction of sp³-hybridized carbons (Fsp3) is 0.359. The molecule has 0 radical (unpaired) electrons. The number of hydrogen-bond acceptors (Lipinski definition) is 5. The molecule has 268 valence electrons. The van der Waals surface area contributed by atoms with E-state index in [4.69, 9.17) is 16.3 Å². The van der Waals surface area contributed by atoms with Crippen molar-refractivity contribution in [1.29, 1.82) is 0 Å². The van der Waals surface area contributed by atoms with E-state index in [0.29, 0.717) is 44.0 Å². The molecule has 1 aliphatic rings. The molecule has 4 aromatic rings. The quantitative estimate of drug-likeness (QED) is 0.117. The monoisotopic (exact) mass is 745 g/mol. The van der Waals surface area contributed by atoms with Crippen LogP contribution in [0.25, 0.3) is 0 Å². The predicted octanol–water partition coefficient (Wildman–Crippen LogP) is 8.59. The fourth-order valence-corrected chi connectivity index (χ4v) is 7.35. The summed E-state index contributed by atoms with van der Waals surface area (Å²) in [6, 6.07) is 31.9. The molecule has 11 heteroatoms. The standard InChI is InChI=1S/C39H43ClF3N3O2S.ClH/c40-38-33(15-8-17-36(38)39(41,42)43)28-46(29-35(31-11-3-1-4-12-31)32-13-5-2-6-14-32)19-9-23-48-34-16-7-10-30(26-34)27-37(47)44-18-20-45-21-24-49-25-22-45;/h1-8,10-17,26,35H,9,18-25,27-29H2,(H,44,47);1H. The van der Waals surface area contributed by atoms with Crippen molar-refractivity contribution in [3.05, 3.63) is 136 Å². The molecule has 1 fully saturated rings. The molecule has 0 unspecified atom stereocenters. The number of thioether (sulfide) groups is 1. The molecule has 1 amide bonds. The van der Waals surface area contributed by atoms with Crippen molar-refractivity contribution in [3.63, 3.8) is 0 Å². The molecule has 0 aromatic heterocycles. The van der Waals surface area contributed by atoms with Crippen LogP contribution in [0.5, 0.6) is 5.75 Å². The Hall–Kier alpha value is -3.21. The van der Waals surface area contributed by atoms with Crippen LogP contribution in [-0.2, 0) is 23.9 Å². The zero-order valence-electron chi connectivity index (χ0n) is 27.9. The number of carbonyl (C=O) groups excluding carboxylic acids is 1. The second-order valence-corrected chi connectivity index (χ2v) is 13.8. The maximum atomic E-state index is 13.7. The minimum Gasteiger partial charge on any atom is -0.494 e. The Balaban J connectivity index is 0.00000562. The number of rotatable bonds is 16. The molecule has 5 nitrogen and oxygen atoms in total. The Morgan fingerprint density at radius 1 is 0.920 bits per heavy atom. The Morgan fingerprint density at radius 2 is 1.58 bits per heavy atom. The van der Waals surface area contributed by atoms with Gasteiger partial charge in [0.1, 0.15) is 5.75 Å². The van der Waals surface area contributed by atoms with E-state index in [-0.39, 0.29) is 42.2 Å². The molecular formula is C39H44Cl2F3N3O2S. The second kappa shape index (κ2) is 20.0. The Bertz CT molecular complexity index is 1570. The highest BCUT2D eigenvalue weighted by Gasteiger charge is 2.34. The first-order valence-corrected chi connectivity index (χ1v) is 18.2. The van der Waals surface area contributed by atoms with Gasteiger partial charge in [-0.15, -0.1) is 12.4 Å². The maximum absolute atomic E-state index is 13.7. The van der Waals surface area contributed by atoms with E-state index in [1.54, 1.807) is 6.07 Å². The molecule has 0 saturated carbocycles. The smallest absolute Gasteiger partial charge is 0.417 e. The SMILES string of the molecule is Cl.O=C(Cc1cccc(OCCCN(Cc2cccc(C(F)(F)F)c2Cl)CC(c2ccccc2)c2ccccc2)c1)NCCN1CCSCC1. The summed E-state index contributed by atoms with van der Waals surface area (Å²) in [4.78, 5) is 17.1. The van der Waals surface area contributed by atoms with Crippen molar-refractivity contribution in [3.8, 4) is 5.75 Å². The number of nitrogens with zero attached hydrogens (tertiary/aromatic N) is 2. The average Bonchev–Trinajstić information content (AvgIpc) is 3.10. The lowest BCUT2D eigenvalue weighted by molar-refractivity contribution is -0.137. The number of alkyl halides is 3. The molecule has 1 aliphatic heterocycles. The van der Waals surface area contributed by atoms with Gasteiger partial charge in [0.15, 0.2) is 0 Å². The van der Waals surface area contributed by atoms with Crippen LogP contribution < -0.4 is 10.1 Å². The summed E-state index contributed by atoms with van der Waals surface area (Å²) >= 11 is 8.33. The number of halogens is 5. The van der Waals surface area contributed by atoms with Crippen LogP contribution in [0.1, 0.15) is 40.2 Å². The van der Waals surface area contributed by atoms with E-state index in [0.717, 1.165) is 53.9 Å². The summed E-state index contributed by atoms with van der Waals surface area (Å²) in [7, 11) is 0. The van der Waals surface area contributed by atoms with Crippen molar-refractivity contribution in [2.45, 2.75) is 31.5 Å². The first kappa shape index (κ1) is 39.6. The summed E-state index contributed by atoms with van der Waals surface area (Å²) < 4.78 is 47.2. The van der Waals surface area contributed by atoms with Crippen LogP contribution in [-0.4, -0.2) is 73.1 Å². The van der Waals surface area contributed by atoms with E-state index in [2.05, 4.69) is 39.4 Å². The van der Waals surface area contributed by atoms with Crippen LogP contribution in [0.3, 0.4) is 0 Å². The third-order valence-electron chi connectivity index (χ3n) is 8.63. The third kappa shape index (κ3) is 12.2. The molecule has 0 atom stereocenters. The lowest BCUT2D eigenvalue weighted by Crippen LogP contribution is -2.39. The summed E-state index contributed by atoms with van der Waals surface area (Å²) in [5, 5.41) is 2.77. The van der Waals surface area contributed by atoms with Crippen LogP contribution in [0.15, 0.2) is 103 Å². The van der Waals surface area contributed by atoms with Gasteiger partial charge in [0, 0.05) is 63.2 Å². The molecule has 1 heterocycles. The largest absolute Gasteiger partial charge is 0.494 e. The molecule has 0 spiro atoms. The first-order valence-electron chi connectivity index (χ1n) is 16.7. The predicted molar refractivity (Wildman–Crippen MR) is 201 cm³/mol. The highest BCUT2D eigenvalue weighted by atomic mass is 35.5. The third-order valence-corrected chi connectivity index (χ3v) is 10.0. The Labute approximate surface area is 308 Å². The molecule has 4 aromatic carbocycles. The number of benzene rings is 4. The number of amides is 1. The highest BCUT2D eigenvalue weighted by Crippen LogP contribution is 2.37. The van der Waals surface area contributed by atoms with E-state index in [1.807, 2.05) is 72.4 Å². The normalized spacial score (nSPS) is 13.6. The molecule has 50 heavy (non-hydrogen) atoms. The van der Waals surface area contributed by atoms with Crippen molar-refractivity contribution in [2.75, 3.05) is 57.4 Å². The van der Waals surface area contributed by atoms with Crippen molar-refractivity contribution >= 4 is 41.7 Å². The Kier molecular flexibility index (Phi) is 15.8. The van der Waals surface area contributed by atoms with E-state index in [1.165, 1.54) is 6.07 Å². The molecule has 0 bridgehead atoms. The van der Waals surface area contributed by atoms with Crippen LogP contribution in [0.4, 0.5) is 13.2 Å². The molecular weight excluding hydrogens is 702 g/mol. The fourth-order valence-electron chi connectivity index (χ4n) is 6.08. The van der Waals surface area contributed by atoms with Gasteiger partial charge in [-0.05, 0) is 46.9 Å². The van der Waals surface area contributed by atoms with Crippen LogP contribution >= 0.6 is 35.8 Å². The summed E-state index contributed by atoms with van der Waals surface area (Å²) in [6.07, 6.45) is -3.63. The maximum Gasteiger partial charge on any atom is 0.417 e. The van der Waals surface area contributed by atoms with Gasteiger partial charge >= 0.3 is 6.18 Å². The average molecular weight is 747 g/mol. The highest BCUT2D eigenvalue weighted by molar-refractivity contribution is 7.99. The van der Waals surface area contributed by atoms with Gasteiger partial charge in [-0.2, -0.15) is 24.9 Å². The number of nitrogens with one attached hydrogen (secondary N) is 1. The summed E-state index contributed by atoms with van der Waals surface area (Å²) in [5.74, 6) is 2.94. The Morgan fingerprint density at radius 3 is 2.24 bits per heavy atom. The number of carbonyl (C=O) groups is 1. The minimum atomic E-state index is -4.54. The topological polar surface area (TPSA) is 44.8 Å². The molecule has 0 aliphatic carbocycles. The van der Waals surface area contributed by atoms with Gasteiger partial charge in [0.2, 0.25) is 5.91 Å². The van der Waals surface area contributed by atoms with Crippen molar-refractivity contribution < 1.29 is 22.7 Å². The zero-order valence-corrected chi connectivity index (χ0v) is 30.3. The van der Waals surface area contributed by atoms with Gasteiger partial charge in [0.25, 0.3) is 0 Å². The van der Waals surface area contributed by atoms with E-state index in [9.17, 15) is 18.0 Å². The van der Waals surface area contributed by atoms with E-state index >= 15 is 0 Å². The van der Waals surface area contributed by atoms with Gasteiger partial charge in [0.05, 0.1) is 23.6 Å². The van der Waals surface area contributed by atoms with Gasteiger partial charge < -0.3 is 10.1 Å².